The maximum Gasteiger partial charge on any atom is 0.174 e. The van der Waals surface area contributed by atoms with Crippen LogP contribution in [-0.2, 0) is 14.2 Å². The highest BCUT2D eigenvalue weighted by atomic mass is 16.7. The maximum atomic E-state index is 6.08. The molecule has 1 heterocycles. The predicted molar refractivity (Wildman–Crippen MR) is 62.5 cm³/mol. The number of rotatable bonds is 2. The second kappa shape index (κ2) is 3.46. The summed E-state index contributed by atoms with van der Waals surface area (Å²) in [4.78, 5) is 0. The standard InChI is InChI=1S/C14H22O3/c1-15-9-13-6-10-4-11(7-13)14(12(5-10)8-13)16-2-3-17-14/h10-12H,2-9H2,1H3. The van der Waals surface area contributed by atoms with Gasteiger partial charge in [0.15, 0.2) is 5.79 Å². The second-order valence-corrected chi connectivity index (χ2v) is 6.69. The molecule has 0 radical (unpaired) electrons. The van der Waals surface area contributed by atoms with Crippen molar-refractivity contribution in [1.29, 1.82) is 0 Å². The molecular weight excluding hydrogens is 216 g/mol. The van der Waals surface area contributed by atoms with Gasteiger partial charge in [0.2, 0.25) is 0 Å². The molecular formula is C14H22O3. The largest absolute Gasteiger partial charge is 0.384 e. The third kappa shape index (κ3) is 1.33. The Hall–Kier alpha value is -0.120. The van der Waals surface area contributed by atoms with Crippen molar-refractivity contribution in [3.05, 3.63) is 0 Å². The van der Waals surface area contributed by atoms with Gasteiger partial charge in [-0.15, -0.1) is 0 Å². The van der Waals surface area contributed by atoms with Gasteiger partial charge in [-0.1, -0.05) is 0 Å². The van der Waals surface area contributed by atoms with Crippen molar-refractivity contribution in [2.45, 2.75) is 37.9 Å². The lowest BCUT2D eigenvalue weighted by Crippen LogP contribution is -2.62. The minimum absolute atomic E-state index is 0.186. The first-order valence-corrected chi connectivity index (χ1v) is 7.03. The zero-order chi connectivity index (χ0) is 11.5. The summed E-state index contributed by atoms with van der Waals surface area (Å²) in [6.07, 6.45) is 6.54. The predicted octanol–water partition coefficient (Wildman–Crippen LogP) is 2.20. The van der Waals surface area contributed by atoms with Gasteiger partial charge in [0.1, 0.15) is 0 Å². The Morgan fingerprint density at radius 3 is 2.29 bits per heavy atom. The average Bonchev–Trinajstić information content (AvgIpc) is 2.75. The highest BCUT2D eigenvalue weighted by Crippen LogP contribution is 2.65. The topological polar surface area (TPSA) is 27.7 Å². The van der Waals surface area contributed by atoms with Crippen molar-refractivity contribution in [2.24, 2.45) is 23.2 Å². The summed E-state index contributed by atoms with van der Waals surface area (Å²) in [7, 11) is 1.84. The summed E-state index contributed by atoms with van der Waals surface area (Å²) in [5.41, 5.74) is 0.450. The van der Waals surface area contributed by atoms with Crippen LogP contribution in [0.4, 0.5) is 0 Å². The van der Waals surface area contributed by atoms with Crippen molar-refractivity contribution in [2.75, 3.05) is 26.9 Å². The van der Waals surface area contributed by atoms with Crippen LogP contribution in [0.25, 0.3) is 0 Å². The fourth-order valence-electron chi connectivity index (χ4n) is 5.49. The molecule has 0 aromatic heterocycles. The van der Waals surface area contributed by atoms with Gasteiger partial charge in [0, 0.05) is 18.9 Å². The zero-order valence-corrected chi connectivity index (χ0v) is 10.6. The monoisotopic (exact) mass is 238 g/mol. The van der Waals surface area contributed by atoms with Crippen molar-refractivity contribution in [3.8, 4) is 0 Å². The smallest absolute Gasteiger partial charge is 0.174 e. The van der Waals surface area contributed by atoms with Crippen molar-refractivity contribution >= 4 is 0 Å². The van der Waals surface area contributed by atoms with E-state index in [0.29, 0.717) is 17.3 Å². The molecule has 2 atom stereocenters. The van der Waals surface area contributed by atoms with Gasteiger partial charge in [0.25, 0.3) is 0 Å². The lowest BCUT2D eigenvalue weighted by molar-refractivity contribution is -0.306. The van der Waals surface area contributed by atoms with E-state index >= 15 is 0 Å². The van der Waals surface area contributed by atoms with Crippen LogP contribution in [0.5, 0.6) is 0 Å². The maximum absolute atomic E-state index is 6.08. The van der Waals surface area contributed by atoms with Crippen LogP contribution in [0, 0.1) is 23.2 Å². The summed E-state index contributed by atoms with van der Waals surface area (Å²) in [5, 5.41) is 0. The molecule has 5 fully saturated rings. The summed E-state index contributed by atoms with van der Waals surface area (Å²) < 4.78 is 17.7. The Morgan fingerprint density at radius 2 is 1.71 bits per heavy atom. The molecule has 3 nitrogen and oxygen atoms in total. The quantitative estimate of drug-likeness (QED) is 0.738. The van der Waals surface area contributed by atoms with Crippen molar-refractivity contribution in [3.63, 3.8) is 0 Å². The first kappa shape index (κ1) is 10.8. The number of ether oxygens (including phenoxy) is 3. The molecule has 1 saturated heterocycles. The average molecular weight is 238 g/mol. The minimum Gasteiger partial charge on any atom is -0.384 e. The fourth-order valence-corrected chi connectivity index (χ4v) is 5.49. The van der Waals surface area contributed by atoms with E-state index in [1.807, 2.05) is 7.11 Å². The molecule has 0 aromatic carbocycles. The van der Waals surface area contributed by atoms with Gasteiger partial charge >= 0.3 is 0 Å². The highest BCUT2D eigenvalue weighted by Gasteiger charge is 2.64. The van der Waals surface area contributed by atoms with Crippen LogP contribution in [0.3, 0.4) is 0 Å². The molecule has 2 unspecified atom stereocenters. The van der Waals surface area contributed by atoms with E-state index in [2.05, 4.69) is 0 Å². The zero-order valence-electron chi connectivity index (χ0n) is 10.6. The molecule has 0 amide bonds. The van der Waals surface area contributed by atoms with Crippen LogP contribution >= 0.6 is 0 Å². The molecule has 96 valence electrons. The summed E-state index contributed by atoms with van der Waals surface area (Å²) in [6, 6.07) is 0. The molecule has 3 heteroatoms. The van der Waals surface area contributed by atoms with Crippen LogP contribution in [-0.4, -0.2) is 32.7 Å². The Balaban J connectivity index is 1.67. The number of methoxy groups -OCH3 is 1. The molecule has 5 aliphatic rings. The first-order valence-electron chi connectivity index (χ1n) is 7.03. The fraction of sp³-hybridized carbons (Fsp3) is 1.00. The molecule has 0 N–H and O–H groups in total. The van der Waals surface area contributed by atoms with E-state index in [-0.39, 0.29) is 5.79 Å². The second-order valence-electron chi connectivity index (χ2n) is 6.69. The third-order valence-electron chi connectivity index (χ3n) is 5.64. The third-order valence-corrected chi connectivity index (χ3v) is 5.64. The van der Waals surface area contributed by atoms with Gasteiger partial charge < -0.3 is 14.2 Å². The van der Waals surface area contributed by atoms with Crippen LogP contribution in [0.15, 0.2) is 0 Å². The van der Waals surface area contributed by atoms with Gasteiger partial charge in [0.05, 0.1) is 19.8 Å². The molecule has 1 aliphatic heterocycles. The van der Waals surface area contributed by atoms with E-state index in [9.17, 15) is 0 Å². The molecule has 4 aliphatic carbocycles. The molecule has 0 aromatic rings. The van der Waals surface area contributed by atoms with Crippen LogP contribution < -0.4 is 0 Å². The lowest BCUT2D eigenvalue weighted by Gasteiger charge is -2.62. The number of hydrogen-bond acceptors (Lipinski definition) is 3. The summed E-state index contributed by atoms with van der Waals surface area (Å²) in [6.45, 7) is 2.54. The molecule has 5 rings (SSSR count). The van der Waals surface area contributed by atoms with E-state index in [0.717, 1.165) is 25.7 Å². The van der Waals surface area contributed by atoms with Gasteiger partial charge in [-0.05, 0) is 43.4 Å². The first-order chi connectivity index (χ1) is 8.26. The minimum atomic E-state index is -0.186. The summed E-state index contributed by atoms with van der Waals surface area (Å²) in [5.74, 6) is 1.98. The Bertz CT molecular complexity index is 303. The van der Waals surface area contributed by atoms with Gasteiger partial charge in [-0.3, -0.25) is 0 Å². The van der Waals surface area contributed by atoms with Crippen LogP contribution in [0.2, 0.25) is 0 Å². The van der Waals surface area contributed by atoms with Gasteiger partial charge in [-0.2, -0.15) is 0 Å². The number of hydrogen-bond donors (Lipinski definition) is 0. The van der Waals surface area contributed by atoms with Gasteiger partial charge in [-0.25, -0.2) is 0 Å². The highest BCUT2D eigenvalue weighted by molar-refractivity contribution is 5.10. The molecule has 17 heavy (non-hydrogen) atoms. The van der Waals surface area contributed by atoms with E-state index < -0.39 is 0 Å². The molecule has 4 bridgehead atoms. The lowest BCUT2D eigenvalue weighted by atomic mass is 9.47. The van der Waals surface area contributed by atoms with E-state index in [4.69, 9.17) is 14.2 Å². The van der Waals surface area contributed by atoms with E-state index in [1.54, 1.807) is 0 Å². The normalized spacial score (nSPS) is 50.3. The van der Waals surface area contributed by atoms with Crippen LogP contribution in [0.1, 0.15) is 32.1 Å². The molecule has 4 saturated carbocycles. The SMILES string of the molecule is COCC12CC3CC(C1)C1(OCCO1)C(C3)C2. The summed E-state index contributed by atoms with van der Waals surface area (Å²) >= 11 is 0. The van der Waals surface area contributed by atoms with E-state index in [1.165, 1.54) is 32.1 Å². The Kier molecular flexibility index (Phi) is 2.19. The Morgan fingerprint density at radius 1 is 1.06 bits per heavy atom. The van der Waals surface area contributed by atoms with Crippen molar-refractivity contribution in [1.82, 2.24) is 0 Å². The molecule has 1 spiro atoms. The Labute approximate surface area is 103 Å². The van der Waals surface area contributed by atoms with Crippen molar-refractivity contribution < 1.29 is 14.2 Å².